The second kappa shape index (κ2) is 6.98. The first-order chi connectivity index (χ1) is 10.1. The predicted octanol–water partition coefficient (Wildman–Crippen LogP) is 3.76. The third-order valence-corrected chi connectivity index (χ3v) is 3.14. The van der Waals surface area contributed by atoms with Gasteiger partial charge in [-0.1, -0.05) is 13.0 Å². The molecule has 1 N–H and O–H groups in total. The van der Waals surface area contributed by atoms with Gasteiger partial charge in [0.1, 0.15) is 0 Å². The average molecular weight is 353 g/mol. The van der Waals surface area contributed by atoms with E-state index >= 15 is 0 Å². The van der Waals surface area contributed by atoms with Crippen LogP contribution < -0.4 is 10.1 Å². The van der Waals surface area contributed by atoms with Crippen molar-refractivity contribution in [2.24, 2.45) is 0 Å². The van der Waals surface area contributed by atoms with Crippen molar-refractivity contribution in [2.75, 3.05) is 11.9 Å². The zero-order valence-electron chi connectivity index (χ0n) is 11.2. The first kappa shape index (κ1) is 15.2. The summed E-state index contributed by atoms with van der Waals surface area (Å²) in [4.78, 5) is 18.7. The number of para-hydroxylation sites is 1. The maximum atomic E-state index is 11.0. The van der Waals surface area contributed by atoms with Crippen LogP contribution >= 0.6 is 15.9 Å². The second-order valence-corrected chi connectivity index (χ2v) is 4.95. The largest absolute Gasteiger partial charge is 0.430 e. The van der Waals surface area contributed by atoms with Crippen LogP contribution in [0.4, 0.5) is 11.6 Å². The quantitative estimate of drug-likeness (QED) is 0.628. The number of halogens is 1. The van der Waals surface area contributed by atoms with Gasteiger partial charge >= 0.3 is 5.69 Å². The standard InChI is InChI=1S/C13H13BrN4O3/c1-2-7-15-13-16-8-6-11(17-13)21-12-9(14)4-3-5-10(12)18(19)20/h3-6,8H,2,7H2,1H3,(H,15,16,17). The number of hydrogen-bond acceptors (Lipinski definition) is 6. The molecule has 2 aromatic rings. The summed E-state index contributed by atoms with van der Waals surface area (Å²) in [6.45, 7) is 2.76. The van der Waals surface area contributed by atoms with Crippen molar-refractivity contribution in [3.8, 4) is 11.6 Å². The maximum absolute atomic E-state index is 11.0. The summed E-state index contributed by atoms with van der Waals surface area (Å²) in [6, 6.07) is 6.15. The van der Waals surface area contributed by atoms with Crippen molar-refractivity contribution < 1.29 is 9.66 Å². The Labute approximate surface area is 129 Å². The predicted molar refractivity (Wildman–Crippen MR) is 81.7 cm³/mol. The van der Waals surface area contributed by atoms with Gasteiger partial charge in [0.25, 0.3) is 0 Å². The van der Waals surface area contributed by atoms with E-state index in [0.717, 1.165) is 13.0 Å². The van der Waals surface area contributed by atoms with Gasteiger partial charge < -0.3 is 10.1 Å². The van der Waals surface area contributed by atoms with Gasteiger partial charge in [0.2, 0.25) is 17.6 Å². The number of ether oxygens (including phenoxy) is 1. The molecular formula is C13H13BrN4O3. The molecule has 0 amide bonds. The van der Waals surface area contributed by atoms with E-state index in [4.69, 9.17) is 4.74 Å². The van der Waals surface area contributed by atoms with Crippen LogP contribution in [0.1, 0.15) is 13.3 Å². The number of nitrogens with one attached hydrogen (secondary N) is 1. The van der Waals surface area contributed by atoms with E-state index in [2.05, 4.69) is 31.2 Å². The van der Waals surface area contributed by atoms with Crippen molar-refractivity contribution in [2.45, 2.75) is 13.3 Å². The Hall–Kier alpha value is -2.22. The summed E-state index contributed by atoms with van der Waals surface area (Å²) in [6.07, 6.45) is 2.47. The Morgan fingerprint density at radius 3 is 2.95 bits per heavy atom. The first-order valence-corrected chi connectivity index (χ1v) is 7.08. The highest BCUT2D eigenvalue weighted by Crippen LogP contribution is 2.37. The van der Waals surface area contributed by atoms with Crippen molar-refractivity contribution in [1.29, 1.82) is 0 Å². The first-order valence-electron chi connectivity index (χ1n) is 6.29. The average Bonchev–Trinajstić information content (AvgIpc) is 2.47. The molecule has 0 saturated heterocycles. The van der Waals surface area contributed by atoms with Crippen LogP contribution in [0.5, 0.6) is 11.6 Å². The number of aromatic nitrogens is 2. The lowest BCUT2D eigenvalue weighted by Gasteiger charge is -2.08. The molecule has 0 saturated carbocycles. The number of nitro benzene ring substituents is 1. The smallest absolute Gasteiger partial charge is 0.312 e. The third-order valence-electron chi connectivity index (χ3n) is 2.51. The molecule has 0 aliphatic rings. The molecule has 7 nitrogen and oxygen atoms in total. The molecule has 2 rings (SSSR count). The normalized spacial score (nSPS) is 10.2. The Morgan fingerprint density at radius 2 is 2.24 bits per heavy atom. The molecule has 21 heavy (non-hydrogen) atoms. The fraction of sp³-hybridized carbons (Fsp3) is 0.231. The molecular weight excluding hydrogens is 340 g/mol. The van der Waals surface area contributed by atoms with Gasteiger partial charge in [0, 0.05) is 24.9 Å². The number of rotatable bonds is 6. The molecule has 0 spiro atoms. The van der Waals surface area contributed by atoms with Crippen LogP contribution in [0.2, 0.25) is 0 Å². The summed E-state index contributed by atoms with van der Waals surface area (Å²) in [5.41, 5.74) is -0.133. The molecule has 0 aliphatic carbocycles. The van der Waals surface area contributed by atoms with Crippen molar-refractivity contribution in [1.82, 2.24) is 9.97 Å². The van der Waals surface area contributed by atoms with Crippen LogP contribution in [-0.2, 0) is 0 Å². The van der Waals surface area contributed by atoms with Crippen LogP contribution in [0, 0.1) is 10.1 Å². The topological polar surface area (TPSA) is 90.2 Å². The number of nitro groups is 1. The Balaban J connectivity index is 2.28. The van der Waals surface area contributed by atoms with Gasteiger partial charge in [-0.05, 0) is 28.4 Å². The van der Waals surface area contributed by atoms with E-state index in [1.165, 1.54) is 12.3 Å². The van der Waals surface area contributed by atoms with E-state index < -0.39 is 4.92 Å². The lowest BCUT2D eigenvalue weighted by Crippen LogP contribution is -2.04. The van der Waals surface area contributed by atoms with E-state index in [-0.39, 0.29) is 17.3 Å². The minimum absolute atomic E-state index is 0.114. The summed E-state index contributed by atoms with van der Waals surface area (Å²) < 4.78 is 6.03. The number of nitrogens with zero attached hydrogens (tertiary/aromatic N) is 3. The Morgan fingerprint density at radius 1 is 1.43 bits per heavy atom. The molecule has 0 aliphatic heterocycles. The highest BCUT2D eigenvalue weighted by molar-refractivity contribution is 9.10. The lowest BCUT2D eigenvalue weighted by atomic mass is 10.3. The maximum Gasteiger partial charge on any atom is 0.312 e. The van der Waals surface area contributed by atoms with E-state index in [0.29, 0.717) is 10.4 Å². The van der Waals surface area contributed by atoms with Gasteiger partial charge in [-0.15, -0.1) is 0 Å². The second-order valence-electron chi connectivity index (χ2n) is 4.09. The van der Waals surface area contributed by atoms with Crippen LogP contribution in [-0.4, -0.2) is 21.4 Å². The van der Waals surface area contributed by atoms with Gasteiger partial charge in [-0.2, -0.15) is 4.98 Å². The van der Waals surface area contributed by atoms with Crippen molar-refractivity contribution in [3.63, 3.8) is 0 Å². The molecule has 0 bridgehead atoms. The summed E-state index contributed by atoms with van der Waals surface area (Å²) in [5.74, 6) is 0.769. The van der Waals surface area contributed by atoms with E-state index in [1.807, 2.05) is 6.92 Å². The minimum Gasteiger partial charge on any atom is -0.430 e. The van der Waals surface area contributed by atoms with Crippen LogP contribution in [0.25, 0.3) is 0 Å². The summed E-state index contributed by atoms with van der Waals surface area (Å²) in [5, 5.41) is 14.1. The highest BCUT2D eigenvalue weighted by atomic mass is 79.9. The zero-order chi connectivity index (χ0) is 15.2. The number of hydrogen-bond donors (Lipinski definition) is 1. The summed E-state index contributed by atoms with van der Waals surface area (Å²) >= 11 is 3.24. The molecule has 0 unspecified atom stereocenters. The fourth-order valence-corrected chi connectivity index (χ4v) is 2.00. The monoisotopic (exact) mass is 352 g/mol. The Kier molecular flexibility index (Phi) is 5.04. The molecule has 110 valence electrons. The molecule has 1 heterocycles. The van der Waals surface area contributed by atoms with Crippen molar-refractivity contribution in [3.05, 3.63) is 45.0 Å². The van der Waals surface area contributed by atoms with Gasteiger partial charge in [-0.3, -0.25) is 10.1 Å². The zero-order valence-corrected chi connectivity index (χ0v) is 12.8. The van der Waals surface area contributed by atoms with Crippen LogP contribution in [0.15, 0.2) is 34.9 Å². The van der Waals surface area contributed by atoms with Crippen molar-refractivity contribution >= 4 is 27.6 Å². The number of benzene rings is 1. The number of anilines is 1. The third kappa shape index (κ3) is 3.88. The minimum atomic E-state index is -0.502. The summed E-state index contributed by atoms with van der Waals surface area (Å²) in [7, 11) is 0. The molecule has 8 heteroatoms. The van der Waals surface area contributed by atoms with Gasteiger partial charge in [-0.25, -0.2) is 4.98 Å². The van der Waals surface area contributed by atoms with Gasteiger partial charge in [0.15, 0.2) is 0 Å². The van der Waals surface area contributed by atoms with E-state index in [9.17, 15) is 10.1 Å². The SMILES string of the molecule is CCCNc1nccc(Oc2c(Br)cccc2[N+](=O)[O-])n1. The molecule has 0 fully saturated rings. The molecule has 1 aromatic carbocycles. The fourth-order valence-electron chi connectivity index (χ4n) is 1.57. The lowest BCUT2D eigenvalue weighted by molar-refractivity contribution is -0.385. The van der Waals surface area contributed by atoms with E-state index in [1.54, 1.807) is 18.2 Å². The van der Waals surface area contributed by atoms with Gasteiger partial charge in [0.05, 0.1) is 9.40 Å². The Bertz CT molecular complexity index is 651. The molecule has 0 radical (unpaired) electrons. The highest BCUT2D eigenvalue weighted by Gasteiger charge is 2.19. The molecule has 1 aromatic heterocycles. The van der Waals surface area contributed by atoms with Crippen LogP contribution in [0.3, 0.4) is 0 Å². The molecule has 0 atom stereocenters.